The van der Waals surface area contributed by atoms with Gasteiger partial charge < -0.3 is 19.3 Å². The van der Waals surface area contributed by atoms with Gasteiger partial charge in [-0.3, -0.25) is 4.79 Å². The summed E-state index contributed by atoms with van der Waals surface area (Å²) in [6.45, 7) is 7.18. The first-order valence-electron chi connectivity index (χ1n) is 7.76. The lowest BCUT2D eigenvalue weighted by molar-refractivity contribution is -0.166. The highest BCUT2D eigenvalue weighted by Gasteiger charge is 2.63. The molecule has 0 aromatic heterocycles. The molecule has 2 unspecified atom stereocenters. The Balaban J connectivity index is 1.91. The van der Waals surface area contributed by atoms with Gasteiger partial charge in [0.05, 0.1) is 6.61 Å². The number of cyclic esters (lactones) is 1. The highest BCUT2D eigenvalue weighted by molar-refractivity contribution is 6.15. The fourth-order valence-electron chi connectivity index (χ4n) is 3.17. The van der Waals surface area contributed by atoms with E-state index in [1.54, 1.807) is 44.2 Å². The number of carbonyl (C=O) groups is 2. The topological polar surface area (TPSA) is 82.1 Å². The molecule has 2 aliphatic heterocycles. The van der Waals surface area contributed by atoms with Gasteiger partial charge in [0.15, 0.2) is 11.9 Å². The van der Waals surface area contributed by atoms with E-state index in [1.165, 1.54) is 6.08 Å². The van der Waals surface area contributed by atoms with Gasteiger partial charge in [0.2, 0.25) is 11.4 Å². The van der Waals surface area contributed by atoms with Crippen LogP contribution in [0.4, 0.5) is 0 Å². The molecule has 1 aromatic carbocycles. The Hall–Kier alpha value is -2.02. The summed E-state index contributed by atoms with van der Waals surface area (Å²) in [5.41, 5.74) is -1.71. The van der Waals surface area contributed by atoms with Crippen LogP contribution in [0.15, 0.2) is 43.0 Å². The zero-order valence-corrected chi connectivity index (χ0v) is 13.6. The van der Waals surface area contributed by atoms with Crippen molar-refractivity contribution < 1.29 is 28.9 Å². The minimum atomic E-state index is -2.32. The van der Waals surface area contributed by atoms with E-state index in [0.29, 0.717) is 5.56 Å². The van der Waals surface area contributed by atoms with Crippen LogP contribution < -0.4 is 0 Å². The molecule has 0 bridgehead atoms. The standard InChI is InChI=1S/C18H20O6/c1-4-12(11-8-6-5-7-9-11)18(21)15(19)14(23-16(18)20)13-10-22-17(2,3)24-13/h4-9,12-14,21H,1,10H2,2-3H3/t12?,13-,14+,18?/m0/s1. The normalized spacial score (nSPS) is 33.3. The number of hydrogen-bond acceptors (Lipinski definition) is 6. The monoisotopic (exact) mass is 332 g/mol. The third-order valence-corrected chi connectivity index (χ3v) is 4.39. The fourth-order valence-corrected chi connectivity index (χ4v) is 3.17. The summed E-state index contributed by atoms with van der Waals surface area (Å²) in [7, 11) is 0. The van der Waals surface area contributed by atoms with E-state index in [1.807, 2.05) is 0 Å². The summed E-state index contributed by atoms with van der Waals surface area (Å²) in [4.78, 5) is 25.2. The Bertz CT molecular complexity index is 667. The number of carbonyl (C=O) groups excluding carboxylic acids is 2. The maximum Gasteiger partial charge on any atom is 0.347 e. The van der Waals surface area contributed by atoms with Crippen molar-refractivity contribution in [2.75, 3.05) is 6.61 Å². The predicted molar refractivity (Wildman–Crippen MR) is 84.1 cm³/mol. The molecule has 6 heteroatoms. The van der Waals surface area contributed by atoms with Gasteiger partial charge in [-0.1, -0.05) is 36.4 Å². The fraction of sp³-hybridized carbons (Fsp3) is 0.444. The van der Waals surface area contributed by atoms with Gasteiger partial charge in [0, 0.05) is 5.92 Å². The molecule has 6 nitrogen and oxygen atoms in total. The molecule has 2 saturated heterocycles. The second kappa shape index (κ2) is 5.81. The van der Waals surface area contributed by atoms with Crippen LogP contribution in [0, 0.1) is 0 Å². The zero-order valence-electron chi connectivity index (χ0n) is 13.6. The Labute approximate surface area is 140 Å². The summed E-state index contributed by atoms with van der Waals surface area (Å²) in [6, 6.07) is 8.76. The van der Waals surface area contributed by atoms with E-state index in [2.05, 4.69) is 6.58 Å². The Morgan fingerprint density at radius 2 is 1.96 bits per heavy atom. The van der Waals surface area contributed by atoms with Crippen LogP contribution in [0.25, 0.3) is 0 Å². The van der Waals surface area contributed by atoms with E-state index in [4.69, 9.17) is 14.2 Å². The van der Waals surface area contributed by atoms with E-state index in [-0.39, 0.29) is 6.61 Å². The molecule has 1 aromatic rings. The summed E-state index contributed by atoms with van der Waals surface area (Å²) in [6.07, 6.45) is -0.561. The lowest BCUT2D eigenvalue weighted by Gasteiger charge is -2.25. The molecule has 2 heterocycles. The molecule has 0 spiro atoms. The molecular formula is C18H20O6. The second-order valence-corrected chi connectivity index (χ2v) is 6.45. The molecule has 0 radical (unpaired) electrons. The Morgan fingerprint density at radius 1 is 1.29 bits per heavy atom. The molecule has 0 aliphatic carbocycles. The lowest BCUT2D eigenvalue weighted by atomic mass is 9.78. The van der Waals surface area contributed by atoms with Crippen molar-refractivity contribution in [3.05, 3.63) is 48.6 Å². The quantitative estimate of drug-likeness (QED) is 0.509. The number of Topliss-reactive ketones (excluding diaryl/α,β-unsaturated/α-hetero) is 1. The summed E-state index contributed by atoms with van der Waals surface area (Å²) in [5.74, 6) is -3.49. The van der Waals surface area contributed by atoms with Crippen molar-refractivity contribution in [1.29, 1.82) is 0 Å². The zero-order chi connectivity index (χ0) is 17.5. The first kappa shape index (κ1) is 16.8. The van der Waals surface area contributed by atoms with Crippen LogP contribution in [0.5, 0.6) is 0 Å². The first-order chi connectivity index (χ1) is 11.3. The van der Waals surface area contributed by atoms with E-state index < -0.39 is 41.3 Å². The third-order valence-electron chi connectivity index (χ3n) is 4.39. The number of aliphatic hydroxyl groups is 1. The van der Waals surface area contributed by atoms with Crippen molar-refractivity contribution >= 4 is 11.8 Å². The molecule has 2 aliphatic rings. The molecule has 3 rings (SSSR count). The molecule has 0 amide bonds. The van der Waals surface area contributed by atoms with Crippen LogP contribution in [0.1, 0.15) is 25.3 Å². The summed E-state index contributed by atoms with van der Waals surface area (Å²) in [5, 5.41) is 10.9. The molecule has 128 valence electrons. The number of ketones is 1. The highest BCUT2D eigenvalue weighted by Crippen LogP contribution is 2.39. The maximum atomic E-state index is 12.8. The lowest BCUT2D eigenvalue weighted by Crippen LogP contribution is -2.49. The van der Waals surface area contributed by atoms with Crippen LogP contribution in [-0.2, 0) is 23.8 Å². The van der Waals surface area contributed by atoms with Gasteiger partial charge in [-0.25, -0.2) is 4.79 Å². The van der Waals surface area contributed by atoms with Gasteiger partial charge in [-0.2, -0.15) is 0 Å². The van der Waals surface area contributed by atoms with Gasteiger partial charge >= 0.3 is 5.97 Å². The minimum Gasteiger partial charge on any atom is -0.449 e. The van der Waals surface area contributed by atoms with Crippen LogP contribution >= 0.6 is 0 Å². The second-order valence-electron chi connectivity index (χ2n) is 6.45. The Morgan fingerprint density at radius 3 is 2.50 bits per heavy atom. The Kier molecular flexibility index (Phi) is 4.07. The molecule has 1 N–H and O–H groups in total. The van der Waals surface area contributed by atoms with E-state index in [0.717, 1.165) is 0 Å². The minimum absolute atomic E-state index is 0.108. The average molecular weight is 332 g/mol. The molecule has 2 fully saturated rings. The molecule has 4 atom stereocenters. The van der Waals surface area contributed by atoms with Crippen molar-refractivity contribution in [3.8, 4) is 0 Å². The van der Waals surface area contributed by atoms with Gasteiger partial charge in [-0.05, 0) is 19.4 Å². The first-order valence-corrected chi connectivity index (χ1v) is 7.76. The van der Waals surface area contributed by atoms with Gasteiger partial charge in [0.25, 0.3) is 0 Å². The van der Waals surface area contributed by atoms with Crippen LogP contribution in [-0.4, -0.2) is 47.1 Å². The molecular weight excluding hydrogens is 312 g/mol. The van der Waals surface area contributed by atoms with Gasteiger partial charge in [-0.15, -0.1) is 6.58 Å². The van der Waals surface area contributed by atoms with Crippen molar-refractivity contribution in [2.45, 2.75) is 43.4 Å². The number of rotatable bonds is 4. The van der Waals surface area contributed by atoms with Crippen molar-refractivity contribution in [1.82, 2.24) is 0 Å². The third kappa shape index (κ3) is 2.56. The summed E-state index contributed by atoms with van der Waals surface area (Å²) < 4.78 is 16.2. The smallest absolute Gasteiger partial charge is 0.347 e. The van der Waals surface area contributed by atoms with Crippen LogP contribution in [0.3, 0.4) is 0 Å². The van der Waals surface area contributed by atoms with Crippen LogP contribution in [0.2, 0.25) is 0 Å². The van der Waals surface area contributed by atoms with Gasteiger partial charge in [0.1, 0.15) is 6.10 Å². The number of ether oxygens (including phenoxy) is 3. The molecule has 0 saturated carbocycles. The highest BCUT2D eigenvalue weighted by atomic mass is 16.8. The van der Waals surface area contributed by atoms with E-state index in [9.17, 15) is 14.7 Å². The number of benzene rings is 1. The number of hydrogen-bond donors (Lipinski definition) is 1. The summed E-state index contributed by atoms with van der Waals surface area (Å²) >= 11 is 0. The molecule has 24 heavy (non-hydrogen) atoms. The van der Waals surface area contributed by atoms with E-state index >= 15 is 0 Å². The maximum absolute atomic E-state index is 12.8. The average Bonchev–Trinajstić information content (AvgIpc) is 3.02. The van der Waals surface area contributed by atoms with Crippen molar-refractivity contribution in [2.24, 2.45) is 0 Å². The largest absolute Gasteiger partial charge is 0.449 e. The predicted octanol–water partition coefficient (Wildman–Crippen LogP) is 1.33. The SMILES string of the molecule is C=CC(c1ccccc1)C1(O)C(=O)O[C@H]([C@@H]2COC(C)(C)O2)C1=O. The van der Waals surface area contributed by atoms with Crippen molar-refractivity contribution in [3.63, 3.8) is 0 Å². The number of esters is 1.